The highest BCUT2D eigenvalue weighted by atomic mass is 32.2. The summed E-state index contributed by atoms with van der Waals surface area (Å²) >= 11 is 0. The monoisotopic (exact) mass is 344 g/mol. The van der Waals surface area contributed by atoms with E-state index in [1.54, 1.807) is 0 Å². The number of nitrogens with zero attached hydrogens (tertiary/aromatic N) is 3. The number of anilines is 1. The lowest BCUT2D eigenvalue weighted by atomic mass is 10.1. The number of aryl methyl sites for hydroxylation is 1. The zero-order valence-corrected chi connectivity index (χ0v) is 14.8. The van der Waals surface area contributed by atoms with Gasteiger partial charge in [-0.25, -0.2) is 0 Å². The smallest absolute Gasteiger partial charge is 0.151 e. The fourth-order valence-electron chi connectivity index (χ4n) is 2.96. The van der Waals surface area contributed by atoms with E-state index in [9.17, 15) is 4.21 Å². The maximum Gasteiger partial charge on any atom is 0.151 e. The van der Waals surface area contributed by atoms with Gasteiger partial charge in [-0.3, -0.25) is 4.21 Å². The predicted octanol–water partition coefficient (Wildman–Crippen LogP) is 2.15. The average Bonchev–Trinajstić information content (AvgIpc) is 2.63. The lowest BCUT2D eigenvalue weighted by Crippen LogP contribution is -2.47. The van der Waals surface area contributed by atoms with E-state index in [1.165, 1.54) is 0 Å². The van der Waals surface area contributed by atoms with Crippen LogP contribution in [0.1, 0.15) is 18.5 Å². The van der Waals surface area contributed by atoms with Gasteiger partial charge in [0.1, 0.15) is 0 Å². The van der Waals surface area contributed by atoms with Crippen LogP contribution in [0.4, 0.5) is 5.82 Å². The van der Waals surface area contributed by atoms with E-state index in [-0.39, 0.29) is 0 Å². The van der Waals surface area contributed by atoms with Crippen molar-refractivity contribution in [3.05, 3.63) is 48.2 Å². The van der Waals surface area contributed by atoms with Crippen molar-refractivity contribution in [1.82, 2.24) is 15.5 Å². The third kappa shape index (κ3) is 4.61. The standard InChI is InChI=1S/C18H24N4OS/c1-15-9-10-18(21-20-15)22-12-5-6-16(14-22)19-11-13-24(23)17-7-3-2-4-8-17/h2-4,7-10,16,19H,5-6,11-14H2,1H3/t16-,24-/m1/s1. The van der Waals surface area contributed by atoms with Crippen LogP contribution in [0.25, 0.3) is 0 Å². The van der Waals surface area contributed by atoms with Gasteiger partial charge < -0.3 is 10.2 Å². The van der Waals surface area contributed by atoms with Gasteiger partial charge in [-0.1, -0.05) is 18.2 Å². The largest absolute Gasteiger partial charge is 0.354 e. The molecular weight excluding hydrogens is 320 g/mol. The Balaban J connectivity index is 1.47. The molecule has 5 nitrogen and oxygen atoms in total. The number of nitrogens with one attached hydrogen (secondary N) is 1. The summed E-state index contributed by atoms with van der Waals surface area (Å²) in [5.41, 5.74) is 0.939. The molecule has 2 atom stereocenters. The van der Waals surface area contributed by atoms with Gasteiger partial charge in [-0.15, -0.1) is 5.10 Å². The molecule has 2 heterocycles. The van der Waals surface area contributed by atoms with Crippen molar-refractivity contribution in [3.63, 3.8) is 0 Å². The molecule has 1 N–H and O–H groups in total. The van der Waals surface area contributed by atoms with Crippen LogP contribution in [-0.2, 0) is 10.8 Å². The predicted molar refractivity (Wildman–Crippen MR) is 97.7 cm³/mol. The minimum atomic E-state index is -0.934. The molecule has 1 saturated heterocycles. The molecule has 1 aliphatic rings. The molecule has 0 radical (unpaired) electrons. The summed E-state index contributed by atoms with van der Waals surface area (Å²) in [6.45, 7) is 4.66. The molecule has 2 aromatic rings. The van der Waals surface area contributed by atoms with E-state index < -0.39 is 10.8 Å². The molecule has 1 aromatic heterocycles. The molecule has 128 valence electrons. The second-order valence-electron chi connectivity index (χ2n) is 6.13. The minimum absolute atomic E-state index is 0.412. The van der Waals surface area contributed by atoms with E-state index >= 15 is 0 Å². The molecule has 1 aliphatic heterocycles. The molecule has 0 spiro atoms. The summed E-state index contributed by atoms with van der Waals surface area (Å²) in [4.78, 5) is 3.18. The second kappa shape index (κ2) is 8.35. The van der Waals surface area contributed by atoms with Crippen LogP contribution in [0.15, 0.2) is 47.4 Å². The van der Waals surface area contributed by atoms with Crippen molar-refractivity contribution in [2.75, 3.05) is 30.3 Å². The molecule has 0 amide bonds. The molecule has 1 aromatic carbocycles. The quantitative estimate of drug-likeness (QED) is 0.870. The van der Waals surface area contributed by atoms with Gasteiger partial charge >= 0.3 is 0 Å². The average molecular weight is 344 g/mol. The van der Waals surface area contributed by atoms with Gasteiger partial charge in [0.25, 0.3) is 0 Å². The highest BCUT2D eigenvalue weighted by molar-refractivity contribution is 7.85. The van der Waals surface area contributed by atoms with Crippen LogP contribution in [0.5, 0.6) is 0 Å². The third-order valence-corrected chi connectivity index (χ3v) is 5.63. The Morgan fingerprint density at radius 3 is 2.79 bits per heavy atom. The summed E-state index contributed by atoms with van der Waals surface area (Å²) in [5.74, 6) is 1.59. The van der Waals surface area contributed by atoms with E-state index in [0.717, 1.165) is 48.9 Å². The topological polar surface area (TPSA) is 58.1 Å². The van der Waals surface area contributed by atoms with E-state index in [1.807, 2.05) is 49.4 Å². The van der Waals surface area contributed by atoms with Crippen molar-refractivity contribution in [1.29, 1.82) is 0 Å². The Kier molecular flexibility index (Phi) is 5.93. The summed E-state index contributed by atoms with van der Waals surface area (Å²) in [5, 5.41) is 12.0. The number of benzene rings is 1. The summed E-state index contributed by atoms with van der Waals surface area (Å²) in [6.07, 6.45) is 2.28. The van der Waals surface area contributed by atoms with Crippen molar-refractivity contribution >= 4 is 16.6 Å². The number of hydrogen-bond donors (Lipinski definition) is 1. The molecular formula is C18H24N4OS. The lowest BCUT2D eigenvalue weighted by Gasteiger charge is -2.33. The highest BCUT2D eigenvalue weighted by Crippen LogP contribution is 2.17. The van der Waals surface area contributed by atoms with Crippen LogP contribution >= 0.6 is 0 Å². The maximum atomic E-state index is 12.2. The molecule has 3 rings (SSSR count). The fourth-order valence-corrected chi connectivity index (χ4v) is 3.96. The normalized spacial score (nSPS) is 19.2. The van der Waals surface area contributed by atoms with Crippen LogP contribution in [0, 0.1) is 6.92 Å². The van der Waals surface area contributed by atoms with Gasteiger partial charge in [0.15, 0.2) is 5.82 Å². The zero-order chi connectivity index (χ0) is 16.8. The molecule has 0 bridgehead atoms. The SMILES string of the molecule is Cc1ccc(N2CCC[C@@H](NCC[S@@](=O)c3ccccc3)C2)nn1. The van der Waals surface area contributed by atoms with Crippen LogP contribution in [-0.4, -0.2) is 45.8 Å². The number of rotatable bonds is 6. The van der Waals surface area contributed by atoms with Gasteiger partial charge in [0.05, 0.1) is 16.5 Å². The number of hydrogen-bond acceptors (Lipinski definition) is 5. The van der Waals surface area contributed by atoms with Crippen molar-refractivity contribution in [3.8, 4) is 0 Å². The Morgan fingerprint density at radius 2 is 2.04 bits per heavy atom. The Labute approximate surface area is 145 Å². The molecule has 0 aliphatic carbocycles. The van der Waals surface area contributed by atoms with Gasteiger partial charge in [0.2, 0.25) is 0 Å². The van der Waals surface area contributed by atoms with Crippen molar-refractivity contribution < 1.29 is 4.21 Å². The molecule has 0 saturated carbocycles. The lowest BCUT2D eigenvalue weighted by molar-refractivity contribution is 0.429. The summed E-state index contributed by atoms with van der Waals surface area (Å²) in [7, 11) is -0.934. The molecule has 24 heavy (non-hydrogen) atoms. The van der Waals surface area contributed by atoms with E-state index in [2.05, 4.69) is 20.4 Å². The van der Waals surface area contributed by atoms with Crippen LogP contribution in [0.2, 0.25) is 0 Å². The molecule has 1 fully saturated rings. The highest BCUT2D eigenvalue weighted by Gasteiger charge is 2.20. The second-order valence-corrected chi connectivity index (χ2v) is 7.71. The van der Waals surface area contributed by atoms with Gasteiger partial charge in [0, 0.05) is 36.3 Å². The number of piperidine rings is 1. The first-order chi connectivity index (χ1) is 11.7. The first-order valence-corrected chi connectivity index (χ1v) is 9.76. The summed E-state index contributed by atoms with van der Waals surface area (Å²) in [6, 6.07) is 14.1. The van der Waals surface area contributed by atoms with E-state index in [4.69, 9.17) is 0 Å². The van der Waals surface area contributed by atoms with Crippen molar-refractivity contribution in [2.45, 2.75) is 30.7 Å². The first kappa shape index (κ1) is 17.0. The van der Waals surface area contributed by atoms with Crippen LogP contribution in [0.3, 0.4) is 0 Å². The first-order valence-electron chi connectivity index (χ1n) is 8.44. The van der Waals surface area contributed by atoms with Gasteiger partial charge in [-0.2, -0.15) is 5.10 Å². The number of aromatic nitrogens is 2. The molecule has 0 unspecified atom stereocenters. The maximum absolute atomic E-state index is 12.2. The Morgan fingerprint density at radius 1 is 1.21 bits per heavy atom. The minimum Gasteiger partial charge on any atom is -0.354 e. The molecule has 6 heteroatoms. The van der Waals surface area contributed by atoms with Crippen LogP contribution < -0.4 is 10.2 Å². The van der Waals surface area contributed by atoms with Crippen molar-refractivity contribution in [2.24, 2.45) is 0 Å². The zero-order valence-electron chi connectivity index (χ0n) is 14.0. The fraction of sp³-hybridized carbons (Fsp3) is 0.444. The van der Waals surface area contributed by atoms with Gasteiger partial charge in [-0.05, 0) is 44.0 Å². The van der Waals surface area contributed by atoms with E-state index in [0.29, 0.717) is 11.8 Å². The Bertz CT molecular complexity index is 662. The summed E-state index contributed by atoms with van der Waals surface area (Å²) < 4.78 is 12.2. The third-order valence-electron chi connectivity index (χ3n) is 4.26. The Hall–Kier alpha value is -1.79.